The fourth-order valence-corrected chi connectivity index (χ4v) is 4.79. The number of rotatable bonds is 9. The molecule has 194 valence electrons. The van der Waals surface area contributed by atoms with Crippen molar-refractivity contribution in [3.05, 3.63) is 87.5 Å². The van der Waals surface area contributed by atoms with Crippen LogP contribution in [0.25, 0.3) is 0 Å². The van der Waals surface area contributed by atoms with Gasteiger partial charge in [-0.1, -0.05) is 36.4 Å². The highest BCUT2D eigenvalue weighted by molar-refractivity contribution is 14.1. The van der Waals surface area contributed by atoms with E-state index in [4.69, 9.17) is 4.74 Å². The molecule has 3 N–H and O–H groups in total. The third-order valence-electron chi connectivity index (χ3n) is 6.21. The smallest absolute Gasteiger partial charge is 0.323 e. The molecule has 0 aliphatic carbocycles. The first-order valence-corrected chi connectivity index (χ1v) is 13.4. The van der Waals surface area contributed by atoms with E-state index in [0.717, 1.165) is 42.8 Å². The lowest BCUT2D eigenvalue weighted by Crippen LogP contribution is -2.48. The summed E-state index contributed by atoms with van der Waals surface area (Å²) >= 11 is 2.19. The van der Waals surface area contributed by atoms with Gasteiger partial charge in [-0.3, -0.25) is 14.6 Å². The molecule has 8 nitrogen and oxygen atoms in total. The molecule has 0 saturated carbocycles. The zero-order valence-corrected chi connectivity index (χ0v) is 23.0. The van der Waals surface area contributed by atoms with E-state index in [1.165, 1.54) is 12.7 Å². The summed E-state index contributed by atoms with van der Waals surface area (Å²) in [5, 5.41) is 8.57. The molecule has 3 aromatic carbocycles. The molecular weight excluding hydrogens is 581 g/mol. The predicted octanol–water partition coefficient (Wildman–Crippen LogP) is 4.49. The van der Waals surface area contributed by atoms with Gasteiger partial charge in [0.15, 0.2) is 0 Å². The number of halogens is 1. The Hall–Kier alpha value is -3.15. The minimum absolute atomic E-state index is 0.200. The first kappa shape index (κ1) is 26.9. The van der Waals surface area contributed by atoms with E-state index in [0.29, 0.717) is 29.2 Å². The van der Waals surface area contributed by atoms with Crippen molar-refractivity contribution < 1.29 is 14.3 Å². The maximum atomic E-state index is 12.8. The van der Waals surface area contributed by atoms with Crippen LogP contribution >= 0.6 is 22.6 Å². The second-order valence-corrected chi connectivity index (χ2v) is 10.1. The molecule has 0 atom stereocenters. The molecule has 1 fully saturated rings. The highest BCUT2D eigenvalue weighted by atomic mass is 127. The molecule has 0 bridgehead atoms. The van der Waals surface area contributed by atoms with Gasteiger partial charge in [0.05, 0.1) is 12.7 Å². The number of hydrogen-bond acceptors (Lipinski definition) is 5. The zero-order valence-electron chi connectivity index (χ0n) is 20.9. The molecular formula is C28H32IN5O3. The van der Waals surface area contributed by atoms with Crippen molar-refractivity contribution in [3.63, 3.8) is 0 Å². The number of carbonyl (C=O) groups excluding carboxylic acids is 2. The van der Waals surface area contributed by atoms with Crippen molar-refractivity contribution in [3.8, 4) is 5.75 Å². The van der Waals surface area contributed by atoms with E-state index in [9.17, 15) is 9.59 Å². The van der Waals surface area contributed by atoms with Crippen LogP contribution in [0.3, 0.4) is 0 Å². The van der Waals surface area contributed by atoms with Crippen molar-refractivity contribution in [2.45, 2.75) is 6.54 Å². The number of nitrogens with zero attached hydrogens (tertiary/aromatic N) is 2. The molecule has 0 unspecified atom stereocenters. The van der Waals surface area contributed by atoms with Crippen LogP contribution in [-0.4, -0.2) is 68.1 Å². The Labute approximate surface area is 231 Å². The number of urea groups is 1. The lowest BCUT2D eigenvalue weighted by Gasteiger charge is -2.34. The number of piperazine rings is 1. The van der Waals surface area contributed by atoms with Gasteiger partial charge in [0, 0.05) is 66.8 Å². The van der Waals surface area contributed by atoms with Crippen LogP contribution < -0.4 is 20.7 Å². The van der Waals surface area contributed by atoms with Crippen LogP contribution in [0.15, 0.2) is 72.8 Å². The Morgan fingerprint density at radius 3 is 2.27 bits per heavy atom. The molecule has 1 aliphatic heterocycles. The number of hydrogen-bond donors (Lipinski definition) is 3. The summed E-state index contributed by atoms with van der Waals surface area (Å²) in [5.41, 5.74) is 3.00. The molecule has 1 saturated heterocycles. The van der Waals surface area contributed by atoms with Gasteiger partial charge >= 0.3 is 6.03 Å². The number of nitrogens with one attached hydrogen (secondary N) is 3. The van der Waals surface area contributed by atoms with Gasteiger partial charge < -0.3 is 20.7 Å². The topological polar surface area (TPSA) is 85.9 Å². The number of ether oxygens (including phenoxy) is 1. The van der Waals surface area contributed by atoms with Crippen LogP contribution in [-0.2, 0) is 6.54 Å². The molecule has 1 heterocycles. The monoisotopic (exact) mass is 613 g/mol. The van der Waals surface area contributed by atoms with Gasteiger partial charge in [-0.15, -0.1) is 0 Å². The number of amides is 3. The van der Waals surface area contributed by atoms with E-state index < -0.39 is 0 Å². The van der Waals surface area contributed by atoms with Gasteiger partial charge in [0.25, 0.3) is 5.91 Å². The highest BCUT2D eigenvalue weighted by Gasteiger charge is 2.18. The Morgan fingerprint density at radius 2 is 1.57 bits per heavy atom. The highest BCUT2D eigenvalue weighted by Crippen LogP contribution is 2.23. The standard InChI is InChI=1S/C28H32IN5O3/c1-37-26-19-24(32-28(36)31-23-9-5-8-22(29)18-23)10-11-25(26)27(35)30-12-13-33-14-16-34(17-15-33)20-21-6-3-2-4-7-21/h2-11,18-19H,12-17,20H2,1H3,(H,30,35)(H2,31,32,36). The molecule has 9 heteroatoms. The molecule has 0 spiro atoms. The molecule has 3 aromatic rings. The average molecular weight is 614 g/mol. The average Bonchev–Trinajstić information content (AvgIpc) is 2.90. The van der Waals surface area contributed by atoms with E-state index in [1.54, 1.807) is 18.2 Å². The molecule has 37 heavy (non-hydrogen) atoms. The first-order chi connectivity index (χ1) is 18.0. The summed E-state index contributed by atoms with van der Waals surface area (Å²) in [6.45, 7) is 6.32. The van der Waals surface area contributed by atoms with Crippen molar-refractivity contribution in [2.24, 2.45) is 0 Å². The normalized spacial score (nSPS) is 14.1. The zero-order chi connectivity index (χ0) is 26.0. The minimum Gasteiger partial charge on any atom is -0.496 e. The van der Waals surface area contributed by atoms with Crippen molar-refractivity contribution in [2.75, 3.05) is 57.0 Å². The SMILES string of the molecule is COc1cc(NC(=O)Nc2cccc(I)c2)ccc1C(=O)NCCN1CCN(Cc2ccccc2)CC1. The summed E-state index contributed by atoms with van der Waals surface area (Å²) in [7, 11) is 1.51. The number of methoxy groups -OCH3 is 1. The molecule has 0 aromatic heterocycles. The molecule has 4 rings (SSSR count). The fraction of sp³-hybridized carbons (Fsp3) is 0.286. The van der Waals surface area contributed by atoms with E-state index in [1.807, 2.05) is 30.3 Å². The third-order valence-corrected chi connectivity index (χ3v) is 6.89. The van der Waals surface area contributed by atoms with E-state index in [2.05, 4.69) is 72.6 Å². The summed E-state index contributed by atoms with van der Waals surface area (Å²) in [5.74, 6) is 0.202. The quantitative estimate of drug-likeness (QED) is 0.310. The largest absolute Gasteiger partial charge is 0.496 e. The molecule has 1 aliphatic rings. The lowest BCUT2D eigenvalue weighted by molar-refractivity contribution is 0.0931. The molecule has 3 amide bonds. The van der Waals surface area contributed by atoms with Gasteiger partial charge in [0.2, 0.25) is 0 Å². The second-order valence-electron chi connectivity index (χ2n) is 8.86. The maximum Gasteiger partial charge on any atom is 0.323 e. The Morgan fingerprint density at radius 1 is 0.865 bits per heavy atom. The van der Waals surface area contributed by atoms with E-state index >= 15 is 0 Å². The van der Waals surface area contributed by atoms with E-state index in [-0.39, 0.29) is 11.9 Å². The Balaban J connectivity index is 1.22. The van der Waals surface area contributed by atoms with Gasteiger partial charge in [-0.05, 0) is 58.5 Å². The van der Waals surface area contributed by atoms with Gasteiger partial charge in [-0.2, -0.15) is 0 Å². The third kappa shape index (κ3) is 8.17. The van der Waals surface area contributed by atoms with Crippen molar-refractivity contribution in [1.29, 1.82) is 0 Å². The molecule has 0 radical (unpaired) electrons. The summed E-state index contributed by atoms with van der Waals surface area (Å²) in [6.07, 6.45) is 0. The number of carbonyl (C=O) groups is 2. The number of anilines is 2. The summed E-state index contributed by atoms with van der Waals surface area (Å²) < 4.78 is 6.46. The maximum absolute atomic E-state index is 12.8. The Bertz CT molecular complexity index is 1200. The van der Waals surface area contributed by atoms with Gasteiger partial charge in [0.1, 0.15) is 5.75 Å². The van der Waals surface area contributed by atoms with Crippen LogP contribution in [0.1, 0.15) is 15.9 Å². The van der Waals surface area contributed by atoms with Crippen LogP contribution in [0.5, 0.6) is 5.75 Å². The first-order valence-electron chi connectivity index (χ1n) is 12.3. The minimum atomic E-state index is -0.370. The van der Waals surface area contributed by atoms with Crippen molar-refractivity contribution >= 4 is 45.9 Å². The number of benzene rings is 3. The predicted molar refractivity (Wildman–Crippen MR) is 155 cm³/mol. The van der Waals surface area contributed by atoms with Crippen molar-refractivity contribution in [1.82, 2.24) is 15.1 Å². The lowest BCUT2D eigenvalue weighted by atomic mass is 10.1. The van der Waals surface area contributed by atoms with Gasteiger partial charge in [-0.25, -0.2) is 4.79 Å². The summed E-state index contributed by atoms with van der Waals surface area (Å²) in [6, 6.07) is 22.7. The second kappa shape index (κ2) is 13.4. The van der Waals surface area contributed by atoms with Crippen LogP contribution in [0.4, 0.5) is 16.2 Å². The van der Waals surface area contributed by atoms with Crippen LogP contribution in [0.2, 0.25) is 0 Å². The fourth-order valence-electron chi connectivity index (χ4n) is 4.25. The van der Waals surface area contributed by atoms with Crippen LogP contribution in [0, 0.1) is 3.57 Å². The summed E-state index contributed by atoms with van der Waals surface area (Å²) in [4.78, 5) is 30.0. The Kier molecular flexibility index (Phi) is 9.75.